The number of hydrogen-bond acceptors (Lipinski definition) is 4. The van der Waals surface area contributed by atoms with E-state index >= 15 is 0 Å². The molecule has 7 heteroatoms. The van der Waals surface area contributed by atoms with E-state index in [1.807, 2.05) is 13.8 Å². The lowest BCUT2D eigenvalue weighted by Gasteiger charge is -2.16. The summed E-state index contributed by atoms with van der Waals surface area (Å²) >= 11 is 3.23. The molecule has 0 aromatic heterocycles. The van der Waals surface area contributed by atoms with Crippen LogP contribution in [0.4, 0.5) is 5.69 Å². The summed E-state index contributed by atoms with van der Waals surface area (Å²) in [5, 5.41) is 16.7. The highest BCUT2D eigenvalue weighted by atomic mass is 79.9. The summed E-state index contributed by atoms with van der Waals surface area (Å²) in [6.45, 7) is 5.90. The quantitative estimate of drug-likeness (QED) is 0.613. The minimum atomic E-state index is -0.442. The van der Waals surface area contributed by atoms with Crippen LogP contribution in [0.1, 0.15) is 26.3 Å². The largest absolute Gasteiger partial charge is 0.353 e. The van der Waals surface area contributed by atoms with E-state index in [0.29, 0.717) is 11.0 Å². The molecule has 0 fully saturated rings. The Kier molecular flexibility index (Phi) is 6.09. The summed E-state index contributed by atoms with van der Waals surface area (Å²) in [6, 6.07) is 4.54. The van der Waals surface area contributed by atoms with Gasteiger partial charge in [-0.15, -0.1) is 0 Å². The van der Waals surface area contributed by atoms with Crippen LogP contribution < -0.4 is 10.6 Å². The highest BCUT2D eigenvalue weighted by Crippen LogP contribution is 2.28. The number of nitrogens with zero attached hydrogens (tertiary/aromatic N) is 1. The van der Waals surface area contributed by atoms with Crippen molar-refractivity contribution in [3.63, 3.8) is 0 Å². The second-order valence-corrected chi connectivity index (χ2v) is 5.57. The molecule has 0 aliphatic carbocycles. The van der Waals surface area contributed by atoms with Gasteiger partial charge in [-0.1, -0.05) is 12.1 Å². The summed E-state index contributed by atoms with van der Waals surface area (Å²) in [4.78, 5) is 22.1. The molecule has 1 amide bonds. The van der Waals surface area contributed by atoms with Gasteiger partial charge in [0.2, 0.25) is 5.91 Å². The standard InChI is InChI=1S/C13H18BrN3O3/c1-8(2)16-13(18)9(3)15-7-10-5-4-6-11(12(10)14)17(19)20/h4-6,8-9,15H,7H2,1-3H3,(H,16,18). The Balaban J connectivity index is 2.69. The van der Waals surface area contributed by atoms with Gasteiger partial charge in [-0.2, -0.15) is 0 Å². The lowest BCUT2D eigenvalue weighted by molar-refractivity contribution is -0.385. The maximum Gasteiger partial charge on any atom is 0.283 e. The fourth-order valence-electron chi connectivity index (χ4n) is 1.61. The number of nitro benzene ring substituents is 1. The summed E-state index contributed by atoms with van der Waals surface area (Å²) < 4.78 is 0.439. The molecule has 6 nitrogen and oxygen atoms in total. The van der Waals surface area contributed by atoms with Crippen molar-refractivity contribution in [3.8, 4) is 0 Å². The topological polar surface area (TPSA) is 84.3 Å². The first kappa shape index (κ1) is 16.6. The van der Waals surface area contributed by atoms with Gasteiger partial charge in [0.05, 0.1) is 15.4 Å². The Morgan fingerprint density at radius 1 is 1.40 bits per heavy atom. The predicted molar refractivity (Wildman–Crippen MR) is 80.4 cm³/mol. The van der Waals surface area contributed by atoms with Crippen molar-refractivity contribution in [2.75, 3.05) is 0 Å². The van der Waals surface area contributed by atoms with Gasteiger partial charge in [0.1, 0.15) is 0 Å². The van der Waals surface area contributed by atoms with Gasteiger partial charge in [0.25, 0.3) is 5.69 Å². The van der Waals surface area contributed by atoms with Gasteiger partial charge >= 0.3 is 0 Å². The van der Waals surface area contributed by atoms with Crippen LogP contribution in [0.5, 0.6) is 0 Å². The van der Waals surface area contributed by atoms with Crippen LogP contribution in [0.2, 0.25) is 0 Å². The molecular weight excluding hydrogens is 326 g/mol. The molecule has 1 atom stereocenters. The summed E-state index contributed by atoms with van der Waals surface area (Å²) in [5.41, 5.74) is 0.756. The molecule has 0 saturated heterocycles. The monoisotopic (exact) mass is 343 g/mol. The normalized spacial score (nSPS) is 12.2. The number of halogens is 1. The lowest BCUT2D eigenvalue weighted by Crippen LogP contribution is -2.44. The maximum absolute atomic E-state index is 11.7. The fourth-order valence-corrected chi connectivity index (χ4v) is 2.16. The summed E-state index contributed by atoms with van der Waals surface area (Å²) in [7, 11) is 0. The molecule has 110 valence electrons. The fraction of sp³-hybridized carbons (Fsp3) is 0.462. The molecule has 1 aromatic rings. The van der Waals surface area contributed by atoms with Gasteiger partial charge in [0.15, 0.2) is 0 Å². The zero-order chi connectivity index (χ0) is 15.3. The molecule has 0 bridgehead atoms. The molecule has 20 heavy (non-hydrogen) atoms. The van der Waals surface area contributed by atoms with E-state index in [1.54, 1.807) is 19.1 Å². The molecule has 1 rings (SSSR count). The van der Waals surface area contributed by atoms with E-state index in [0.717, 1.165) is 5.56 Å². The zero-order valence-electron chi connectivity index (χ0n) is 11.6. The first-order valence-electron chi connectivity index (χ1n) is 6.28. The Morgan fingerprint density at radius 3 is 2.60 bits per heavy atom. The van der Waals surface area contributed by atoms with Crippen LogP contribution in [-0.4, -0.2) is 22.9 Å². The number of nitro groups is 1. The van der Waals surface area contributed by atoms with Crippen molar-refractivity contribution in [2.24, 2.45) is 0 Å². The van der Waals surface area contributed by atoms with E-state index in [9.17, 15) is 14.9 Å². The summed E-state index contributed by atoms with van der Waals surface area (Å²) in [5.74, 6) is -0.0958. The third-order valence-electron chi connectivity index (χ3n) is 2.68. The van der Waals surface area contributed by atoms with Crippen LogP contribution in [0.25, 0.3) is 0 Å². The minimum Gasteiger partial charge on any atom is -0.353 e. The Bertz CT molecular complexity index is 506. The highest BCUT2D eigenvalue weighted by molar-refractivity contribution is 9.10. The third kappa shape index (κ3) is 4.57. The molecular formula is C13H18BrN3O3. The van der Waals surface area contributed by atoms with Gasteiger partial charge in [0, 0.05) is 18.7 Å². The number of carbonyl (C=O) groups excluding carboxylic acids is 1. The predicted octanol–water partition coefficient (Wildman–Crippen LogP) is 2.36. The third-order valence-corrected chi connectivity index (χ3v) is 3.59. The number of hydrogen-bond donors (Lipinski definition) is 2. The van der Waals surface area contributed by atoms with Crippen LogP contribution >= 0.6 is 15.9 Å². The maximum atomic E-state index is 11.7. The number of carbonyl (C=O) groups is 1. The molecule has 0 aliphatic rings. The average Bonchev–Trinajstić information content (AvgIpc) is 2.35. The average molecular weight is 344 g/mol. The van der Waals surface area contributed by atoms with Crippen LogP contribution in [0.3, 0.4) is 0 Å². The van der Waals surface area contributed by atoms with Gasteiger partial charge in [-0.3, -0.25) is 14.9 Å². The Hall–Kier alpha value is -1.47. The smallest absolute Gasteiger partial charge is 0.283 e. The van der Waals surface area contributed by atoms with Crippen molar-refractivity contribution in [2.45, 2.75) is 39.4 Å². The van der Waals surface area contributed by atoms with Crippen LogP contribution in [0, 0.1) is 10.1 Å². The van der Waals surface area contributed by atoms with Gasteiger partial charge < -0.3 is 10.6 Å². The Morgan fingerprint density at radius 2 is 2.05 bits per heavy atom. The van der Waals surface area contributed by atoms with Gasteiger partial charge in [-0.25, -0.2) is 0 Å². The summed E-state index contributed by atoms with van der Waals surface area (Å²) in [6.07, 6.45) is 0. The second-order valence-electron chi connectivity index (χ2n) is 4.77. The lowest BCUT2D eigenvalue weighted by atomic mass is 10.2. The first-order chi connectivity index (χ1) is 9.32. The van der Waals surface area contributed by atoms with Crippen molar-refractivity contribution in [1.29, 1.82) is 0 Å². The van der Waals surface area contributed by atoms with Crippen molar-refractivity contribution in [3.05, 3.63) is 38.3 Å². The number of amides is 1. The van der Waals surface area contributed by atoms with Crippen molar-refractivity contribution in [1.82, 2.24) is 10.6 Å². The van der Waals surface area contributed by atoms with Crippen LogP contribution in [-0.2, 0) is 11.3 Å². The van der Waals surface area contributed by atoms with Gasteiger partial charge in [-0.05, 0) is 42.3 Å². The molecule has 1 unspecified atom stereocenters. The second kappa shape index (κ2) is 7.35. The first-order valence-corrected chi connectivity index (χ1v) is 7.07. The molecule has 2 N–H and O–H groups in total. The van der Waals surface area contributed by atoms with E-state index in [2.05, 4.69) is 26.6 Å². The Labute approximate surface area is 126 Å². The number of benzene rings is 1. The zero-order valence-corrected chi connectivity index (χ0v) is 13.2. The minimum absolute atomic E-state index is 0.0172. The van der Waals surface area contributed by atoms with E-state index < -0.39 is 4.92 Å². The molecule has 1 aromatic carbocycles. The van der Waals surface area contributed by atoms with E-state index in [-0.39, 0.29) is 23.7 Å². The molecule has 0 spiro atoms. The van der Waals surface area contributed by atoms with Crippen LogP contribution in [0.15, 0.2) is 22.7 Å². The number of nitrogens with one attached hydrogen (secondary N) is 2. The van der Waals surface area contributed by atoms with E-state index in [4.69, 9.17) is 0 Å². The molecule has 0 radical (unpaired) electrons. The number of rotatable bonds is 6. The molecule has 0 aliphatic heterocycles. The van der Waals surface area contributed by atoms with Crippen molar-refractivity contribution < 1.29 is 9.72 Å². The highest BCUT2D eigenvalue weighted by Gasteiger charge is 2.17. The SMILES string of the molecule is CC(C)NC(=O)C(C)NCc1cccc([N+](=O)[O-])c1Br. The van der Waals surface area contributed by atoms with E-state index in [1.165, 1.54) is 6.07 Å². The molecule has 0 heterocycles. The molecule has 0 saturated carbocycles. The van der Waals surface area contributed by atoms with Crippen molar-refractivity contribution >= 4 is 27.5 Å².